The van der Waals surface area contributed by atoms with Crippen LogP contribution in [-0.4, -0.2) is 32.7 Å². The summed E-state index contributed by atoms with van der Waals surface area (Å²) in [7, 11) is 0. The number of carbonyl (C=O) groups excluding carboxylic acids is 2. The number of fused-ring (bicyclic) bond motifs is 1. The normalized spacial score (nSPS) is 22.2. The maximum absolute atomic E-state index is 13.0. The van der Waals surface area contributed by atoms with E-state index in [1.165, 1.54) is 6.92 Å². The molecule has 0 radical (unpaired) electrons. The molecule has 25 heavy (non-hydrogen) atoms. The van der Waals surface area contributed by atoms with Crippen molar-refractivity contribution in [2.75, 3.05) is 0 Å². The third-order valence-electron chi connectivity index (χ3n) is 5.05. The second-order valence-corrected chi connectivity index (χ2v) is 7.02. The largest absolute Gasteiger partial charge is 0.509 e. The van der Waals surface area contributed by atoms with Gasteiger partial charge in [-0.1, -0.05) is 23.8 Å². The molecule has 0 spiro atoms. The third kappa shape index (κ3) is 2.15. The van der Waals surface area contributed by atoms with Crippen LogP contribution in [0.2, 0.25) is 0 Å². The van der Waals surface area contributed by atoms with Crippen LogP contribution in [0.4, 0.5) is 0 Å². The number of hydrogen-bond donors (Lipinski definition) is 2. The van der Waals surface area contributed by atoms with E-state index in [0.717, 1.165) is 27.6 Å². The van der Waals surface area contributed by atoms with Gasteiger partial charge < -0.3 is 15.0 Å². The minimum atomic E-state index is -0.515. The van der Waals surface area contributed by atoms with Gasteiger partial charge >= 0.3 is 0 Å². The molecule has 2 atom stereocenters. The van der Waals surface area contributed by atoms with Gasteiger partial charge in [-0.2, -0.15) is 0 Å². The Balaban J connectivity index is 2.00. The van der Waals surface area contributed by atoms with Crippen LogP contribution in [0.3, 0.4) is 0 Å². The lowest BCUT2D eigenvalue weighted by molar-refractivity contribution is -0.130. The number of amides is 1. The van der Waals surface area contributed by atoms with Gasteiger partial charge in [0.2, 0.25) is 0 Å². The minimum Gasteiger partial charge on any atom is -0.509 e. The highest BCUT2D eigenvalue weighted by molar-refractivity contribution is 6.20. The van der Waals surface area contributed by atoms with Crippen LogP contribution in [0.15, 0.2) is 47.4 Å². The Kier molecular flexibility index (Phi) is 3.35. The zero-order chi connectivity index (χ0) is 17.9. The number of allylic oxidation sites excluding steroid dienone is 1. The van der Waals surface area contributed by atoms with E-state index in [0.29, 0.717) is 6.42 Å². The molecule has 5 heteroatoms. The highest BCUT2D eigenvalue weighted by Crippen LogP contribution is 2.42. The summed E-state index contributed by atoms with van der Waals surface area (Å²) < 4.78 is 0. The molecule has 1 aromatic carbocycles. The Morgan fingerprint density at radius 3 is 2.76 bits per heavy atom. The van der Waals surface area contributed by atoms with Gasteiger partial charge in [0, 0.05) is 23.5 Å². The lowest BCUT2D eigenvalue weighted by Gasteiger charge is -2.31. The van der Waals surface area contributed by atoms with E-state index in [1.54, 1.807) is 4.90 Å². The molecular weight excluding hydrogens is 316 g/mol. The van der Waals surface area contributed by atoms with E-state index in [2.05, 4.69) is 4.98 Å². The van der Waals surface area contributed by atoms with Crippen molar-refractivity contribution in [1.29, 1.82) is 0 Å². The molecule has 0 saturated carbocycles. The maximum Gasteiger partial charge on any atom is 0.262 e. The predicted octanol–water partition coefficient (Wildman–Crippen LogP) is 3.34. The van der Waals surface area contributed by atoms with Crippen LogP contribution in [0, 0.1) is 0 Å². The Bertz CT molecular complexity index is 976. The number of aliphatic hydroxyl groups excluding tert-OH is 1. The Hall–Kier alpha value is -2.82. The molecule has 4 rings (SSSR count). The van der Waals surface area contributed by atoms with Crippen molar-refractivity contribution >= 4 is 22.6 Å². The summed E-state index contributed by atoms with van der Waals surface area (Å²) in [5.74, 6) is -0.880. The first-order valence-corrected chi connectivity index (χ1v) is 8.40. The van der Waals surface area contributed by atoms with Crippen molar-refractivity contribution in [2.45, 2.75) is 39.3 Å². The molecule has 0 aliphatic carbocycles. The van der Waals surface area contributed by atoms with Crippen molar-refractivity contribution in [2.24, 2.45) is 0 Å². The van der Waals surface area contributed by atoms with Gasteiger partial charge in [0.1, 0.15) is 11.3 Å². The van der Waals surface area contributed by atoms with Crippen LogP contribution in [0.1, 0.15) is 37.9 Å². The zero-order valence-corrected chi connectivity index (χ0v) is 14.5. The fourth-order valence-corrected chi connectivity index (χ4v) is 4.06. The number of aromatic nitrogens is 1. The topological polar surface area (TPSA) is 73.4 Å². The van der Waals surface area contributed by atoms with Gasteiger partial charge in [-0.15, -0.1) is 0 Å². The number of H-pyrrole nitrogens is 1. The molecule has 128 valence electrons. The number of ketones is 1. The van der Waals surface area contributed by atoms with Crippen LogP contribution in [-0.2, 0) is 16.0 Å². The van der Waals surface area contributed by atoms with E-state index < -0.39 is 6.04 Å². The fourth-order valence-electron chi connectivity index (χ4n) is 4.06. The average molecular weight is 336 g/mol. The molecule has 0 unspecified atom stereocenters. The summed E-state index contributed by atoms with van der Waals surface area (Å²) in [5, 5.41) is 11.7. The van der Waals surface area contributed by atoms with Gasteiger partial charge in [0.05, 0.1) is 12.1 Å². The van der Waals surface area contributed by atoms with Crippen molar-refractivity contribution in [1.82, 2.24) is 9.88 Å². The number of benzene rings is 1. The second-order valence-electron chi connectivity index (χ2n) is 7.02. The smallest absolute Gasteiger partial charge is 0.262 e. The minimum absolute atomic E-state index is 0.0803. The summed E-state index contributed by atoms with van der Waals surface area (Å²) in [6, 6.07) is 5.16. The number of nitrogens with one attached hydrogen (secondary N) is 1. The molecule has 0 bridgehead atoms. The first-order chi connectivity index (χ1) is 11.9. The molecule has 1 amide bonds. The number of rotatable bonds is 2. The number of Topliss-reactive ketones (excluding diaryl/α,β-unsaturated/α-hetero) is 1. The standard InChI is InChI=1S/C20H20N2O3/c1-10(2)7-15-13-5-4-6-14-18(13)12(9-21-14)8-16-19(24)17(11(3)23)20(25)22(15)16/h4-7,9,15-16,21,24H,8H2,1-3H3/t15-,16-/m1/s1. The summed E-state index contributed by atoms with van der Waals surface area (Å²) in [4.78, 5) is 29.8. The SMILES string of the molecule is CC(=O)C1=C(O)[C@H]2Cc3c[nH]c4cccc(c34)[C@@H](C=C(C)C)N2C1=O. The quantitative estimate of drug-likeness (QED) is 0.652. The second kappa shape index (κ2) is 5.34. The predicted molar refractivity (Wildman–Crippen MR) is 95.1 cm³/mol. The van der Waals surface area contributed by atoms with E-state index in [4.69, 9.17) is 0 Å². The summed E-state index contributed by atoms with van der Waals surface area (Å²) in [6.07, 6.45) is 4.44. The molecule has 5 nitrogen and oxygen atoms in total. The Morgan fingerprint density at radius 2 is 2.08 bits per heavy atom. The molecule has 0 saturated heterocycles. The van der Waals surface area contributed by atoms with Gasteiger partial charge in [0.15, 0.2) is 5.78 Å². The summed E-state index contributed by atoms with van der Waals surface area (Å²) >= 11 is 0. The lowest BCUT2D eigenvalue weighted by Crippen LogP contribution is -2.39. The summed E-state index contributed by atoms with van der Waals surface area (Å²) in [6.45, 7) is 5.30. The monoisotopic (exact) mass is 336 g/mol. The van der Waals surface area contributed by atoms with Gasteiger partial charge in [0.25, 0.3) is 5.91 Å². The van der Waals surface area contributed by atoms with Crippen molar-refractivity contribution in [3.8, 4) is 0 Å². The van der Waals surface area contributed by atoms with E-state index >= 15 is 0 Å². The molecule has 1 aromatic heterocycles. The summed E-state index contributed by atoms with van der Waals surface area (Å²) in [5.41, 5.74) is 4.08. The third-order valence-corrected chi connectivity index (χ3v) is 5.05. The van der Waals surface area contributed by atoms with E-state index in [-0.39, 0.29) is 29.1 Å². The maximum atomic E-state index is 13.0. The molecular formula is C20H20N2O3. The number of nitrogens with zero attached hydrogens (tertiary/aromatic N) is 1. The molecule has 3 heterocycles. The lowest BCUT2D eigenvalue weighted by atomic mass is 9.97. The van der Waals surface area contributed by atoms with Gasteiger partial charge in [-0.05, 0) is 38.0 Å². The van der Waals surface area contributed by atoms with Crippen LogP contribution in [0.25, 0.3) is 10.9 Å². The first-order valence-electron chi connectivity index (χ1n) is 8.40. The van der Waals surface area contributed by atoms with Gasteiger partial charge in [-0.3, -0.25) is 9.59 Å². The molecule has 2 N–H and O–H groups in total. The highest BCUT2D eigenvalue weighted by atomic mass is 16.3. The highest BCUT2D eigenvalue weighted by Gasteiger charge is 2.46. The van der Waals surface area contributed by atoms with Crippen LogP contribution >= 0.6 is 0 Å². The van der Waals surface area contributed by atoms with Crippen molar-refractivity contribution < 1.29 is 14.7 Å². The number of hydrogen-bond acceptors (Lipinski definition) is 3. The number of carbonyl (C=O) groups is 2. The Morgan fingerprint density at radius 1 is 1.32 bits per heavy atom. The first kappa shape index (κ1) is 15.7. The Labute approximate surface area is 145 Å². The molecule has 2 aromatic rings. The number of aromatic amines is 1. The molecule has 0 fully saturated rings. The van der Waals surface area contributed by atoms with E-state index in [9.17, 15) is 14.7 Å². The fraction of sp³-hybridized carbons (Fsp3) is 0.300. The van der Waals surface area contributed by atoms with Crippen molar-refractivity contribution in [3.63, 3.8) is 0 Å². The van der Waals surface area contributed by atoms with Gasteiger partial charge in [-0.25, -0.2) is 0 Å². The average Bonchev–Trinajstić information content (AvgIpc) is 3.00. The molecule has 2 aliphatic heterocycles. The number of aliphatic hydroxyl groups is 1. The van der Waals surface area contributed by atoms with E-state index in [1.807, 2.05) is 44.3 Å². The van der Waals surface area contributed by atoms with Crippen LogP contribution in [0.5, 0.6) is 0 Å². The van der Waals surface area contributed by atoms with Crippen molar-refractivity contribution in [3.05, 3.63) is 58.5 Å². The molecule has 2 aliphatic rings. The van der Waals surface area contributed by atoms with Crippen LogP contribution < -0.4 is 0 Å². The zero-order valence-electron chi connectivity index (χ0n) is 14.5.